The van der Waals surface area contributed by atoms with E-state index in [2.05, 4.69) is 5.10 Å². The largest absolute Gasteiger partial charge is 0.473 e. The molecule has 0 amide bonds. The number of hydrogen-bond acceptors (Lipinski definition) is 3. The summed E-state index contributed by atoms with van der Waals surface area (Å²) in [7, 11) is 0. The predicted molar refractivity (Wildman–Crippen MR) is 43.6 cm³/mol. The van der Waals surface area contributed by atoms with Crippen molar-refractivity contribution in [1.29, 1.82) is 5.26 Å². The van der Waals surface area contributed by atoms with Crippen molar-refractivity contribution < 1.29 is 4.74 Å². The molecular weight excluding hydrogens is 154 g/mol. The summed E-state index contributed by atoms with van der Waals surface area (Å²) in [6, 6.07) is 1.98. The molecule has 0 saturated heterocycles. The Morgan fingerprint density at radius 2 is 2.58 bits per heavy atom. The number of nitrogens with zero attached hydrogens (tertiary/aromatic N) is 3. The number of ether oxygens (including phenoxy) is 1. The summed E-state index contributed by atoms with van der Waals surface area (Å²) in [6.45, 7) is 4.50. The topological polar surface area (TPSA) is 50.8 Å². The van der Waals surface area contributed by atoms with Gasteiger partial charge in [-0.2, -0.15) is 10.4 Å². The lowest BCUT2D eigenvalue weighted by Gasteiger charge is -2.02. The third-order valence-electron chi connectivity index (χ3n) is 1.43. The molecule has 0 saturated carbocycles. The van der Waals surface area contributed by atoms with Gasteiger partial charge in [-0.3, -0.25) is 4.68 Å². The molecule has 1 rings (SSSR count). The zero-order valence-electron chi connectivity index (χ0n) is 7.19. The summed E-state index contributed by atoms with van der Waals surface area (Å²) >= 11 is 0. The first-order valence-electron chi connectivity index (χ1n) is 3.85. The molecule has 0 bridgehead atoms. The maximum Gasteiger partial charge on any atom is 0.181 e. The fourth-order valence-electron chi connectivity index (χ4n) is 0.809. The van der Waals surface area contributed by atoms with E-state index in [1.54, 1.807) is 24.0 Å². The van der Waals surface area contributed by atoms with Gasteiger partial charge in [-0.05, 0) is 13.8 Å². The summed E-state index contributed by atoms with van der Waals surface area (Å²) in [5.74, 6) is 0.644. The quantitative estimate of drug-likeness (QED) is 0.676. The molecule has 1 aromatic rings. The van der Waals surface area contributed by atoms with E-state index in [0.29, 0.717) is 5.75 Å². The zero-order valence-corrected chi connectivity index (χ0v) is 7.19. The van der Waals surface area contributed by atoms with E-state index in [-0.39, 0.29) is 0 Å². The third-order valence-corrected chi connectivity index (χ3v) is 1.43. The van der Waals surface area contributed by atoms with Crippen molar-refractivity contribution in [1.82, 2.24) is 9.78 Å². The molecule has 0 aromatic carbocycles. The second-order valence-electron chi connectivity index (χ2n) is 2.42. The van der Waals surface area contributed by atoms with Crippen LogP contribution >= 0.6 is 0 Å². The summed E-state index contributed by atoms with van der Waals surface area (Å²) in [5.41, 5.74) is 0. The highest BCUT2D eigenvalue weighted by Gasteiger charge is 2.02. The highest BCUT2D eigenvalue weighted by Crippen LogP contribution is 2.09. The van der Waals surface area contributed by atoms with Crippen LogP contribution in [0.5, 0.6) is 5.75 Å². The number of hydrogen-bond donors (Lipinski definition) is 0. The van der Waals surface area contributed by atoms with Crippen molar-refractivity contribution in [3.63, 3.8) is 0 Å². The molecule has 0 radical (unpaired) electrons. The van der Waals surface area contributed by atoms with E-state index in [4.69, 9.17) is 10.00 Å². The van der Waals surface area contributed by atoms with Gasteiger partial charge < -0.3 is 4.74 Å². The fraction of sp³-hybridized carbons (Fsp3) is 0.500. The molecule has 1 atom stereocenters. The molecule has 4 heteroatoms. The molecule has 0 N–H and O–H groups in total. The van der Waals surface area contributed by atoms with Gasteiger partial charge >= 0.3 is 0 Å². The van der Waals surface area contributed by atoms with Gasteiger partial charge in [0.05, 0.1) is 12.4 Å². The molecule has 0 aliphatic heterocycles. The molecule has 0 fully saturated rings. The summed E-state index contributed by atoms with van der Waals surface area (Å²) in [5, 5.41) is 12.5. The van der Waals surface area contributed by atoms with Crippen molar-refractivity contribution >= 4 is 0 Å². The SMILES string of the molecule is CCn1cc(OC(C)C#N)cn1. The Bertz CT molecular complexity index is 287. The van der Waals surface area contributed by atoms with Gasteiger partial charge in [0.15, 0.2) is 11.9 Å². The molecule has 4 nitrogen and oxygen atoms in total. The number of aromatic nitrogens is 2. The molecule has 0 spiro atoms. The van der Waals surface area contributed by atoms with Gasteiger partial charge in [-0.15, -0.1) is 0 Å². The van der Waals surface area contributed by atoms with Crippen LogP contribution < -0.4 is 4.74 Å². The van der Waals surface area contributed by atoms with E-state index >= 15 is 0 Å². The van der Waals surface area contributed by atoms with Crippen LogP contribution in [0.25, 0.3) is 0 Å². The summed E-state index contributed by atoms with van der Waals surface area (Å²) in [4.78, 5) is 0. The van der Waals surface area contributed by atoms with Crippen LogP contribution in [0.4, 0.5) is 0 Å². The summed E-state index contributed by atoms with van der Waals surface area (Å²) < 4.78 is 6.95. The Balaban J connectivity index is 2.59. The lowest BCUT2D eigenvalue weighted by molar-refractivity contribution is 0.276. The van der Waals surface area contributed by atoms with Crippen LogP contribution in [-0.4, -0.2) is 15.9 Å². The molecule has 0 aliphatic rings. The van der Waals surface area contributed by atoms with Crippen LogP contribution in [0, 0.1) is 11.3 Å². The Hall–Kier alpha value is -1.50. The first-order valence-corrected chi connectivity index (χ1v) is 3.85. The van der Waals surface area contributed by atoms with Crippen LogP contribution in [-0.2, 0) is 6.54 Å². The number of nitriles is 1. The first kappa shape index (κ1) is 8.60. The average molecular weight is 165 g/mol. The monoisotopic (exact) mass is 165 g/mol. The second kappa shape index (κ2) is 3.77. The Morgan fingerprint density at radius 3 is 3.08 bits per heavy atom. The van der Waals surface area contributed by atoms with Gasteiger partial charge in [0.1, 0.15) is 6.07 Å². The minimum absolute atomic E-state index is 0.417. The molecular formula is C8H11N3O. The van der Waals surface area contributed by atoms with Gasteiger partial charge in [0, 0.05) is 6.54 Å². The molecule has 0 aliphatic carbocycles. The molecule has 1 heterocycles. The lowest BCUT2D eigenvalue weighted by Crippen LogP contribution is -2.07. The maximum atomic E-state index is 8.46. The van der Waals surface area contributed by atoms with E-state index in [1.165, 1.54) is 0 Å². The van der Waals surface area contributed by atoms with Gasteiger partial charge in [-0.1, -0.05) is 0 Å². The van der Waals surface area contributed by atoms with E-state index in [0.717, 1.165) is 6.54 Å². The van der Waals surface area contributed by atoms with Crippen LogP contribution in [0.2, 0.25) is 0 Å². The van der Waals surface area contributed by atoms with Crippen molar-refractivity contribution in [2.75, 3.05) is 0 Å². The second-order valence-corrected chi connectivity index (χ2v) is 2.42. The van der Waals surface area contributed by atoms with Crippen LogP contribution in [0.15, 0.2) is 12.4 Å². The number of aryl methyl sites for hydroxylation is 1. The first-order chi connectivity index (χ1) is 5.76. The standard InChI is InChI=1S/C8H11N3O/c1-3-11-6-8(5-10-11)12-7(2)4-9/h5-7H,3H2,1-2H3. The Labute approximate surface area is 71.4 Å². The highest BCUT2D eigenvalue weighted by atomic mass is 16.5. The molecule has 12 heavy (non-hydrogen) atoms. The average Bonchev–Trinajstić information content (AvgIpc) is 2.52. The molecule has 1 unspecified atom stereocenters. The van der Waals surface area contributed by atoms with Crippen LogP contribution in [0.3, 0.4) is 0 Å². The number of rotatable bonds is 3. The fourth-order valence-corrected chi connectivity index (χ4v) is 0.809. The minimum Gasteiger partial charge on any atom is -0.473 e. The predicted octanol–water partition coefficient (Wildman–Crippen LogP) is 1.19. The van der Waals surface area contributed by atoms with E-state index in [9.17, 15) is 0 Å². The van der Waals surface area contributed by atoms with Crippen molar-refractivity contribution in [3.05, 3.63) is 12.4 Å². The molecule has 64 valence electrons. The van der Waals surface area contributed by atoms with Gasteiger partial charge in [-0.25, -0.2) is 0 Å². The highest BCUT2D eigenvalue weighted by molar-refractivity contribution is 5.13. The maximum absolute atomic E-state index is 8.46. The smallest absolute Gasteiger partial charge is 0.181 e. The third kappa shape index (κ3) is 1.99. The van der Waals surface area contributed by atoms with Crippen molar-refractivity contribution in [2.45, 2.75) is 26.5 Å². The minimum atomic E-state index is -0.417. The van der Waals surface area contributed by atoms with Gasteiger partial charge in [0.2, 0.25) is 0 Å². The van der Waals surface area contributed by atoms with Gasteiger partial charge in [0.25, 0.3) is 0 Å². The Kier molecular flexibility index (Phi) is 2.70. The van der Waals surface area contributed by atoms with Crippen LogP contribution in [0.1, 0.15) is 13.8 Å². The van der Waals surface area contributed by atoms with E-state index < -0.39 is 6.10 Å². The normalized spacial score (nSPS) is 12.1. The van der Waals surface area contributed by atoms with Crippen molar-refractivity contribution in [3.8, 4) is 11.8 Å². The van der Waals surface area contributed by atoms with Crippen molar-refractivity contribution in [2.24, 2.45) is 0 Å². The molecule has 1 aromatic heterocycles. The van der Waals surface area contributed by atoms with E-state index in [1.807, 2.05) is 13.0 Å². The Morgan fingerprint density at radius 1 is 1.83 bits per heavy atom. The zero-order chi connectivity index (χ0) is 8.97. The summed E-state index contributed by atoms with van der Waals surface area (Å²) in [6.07, 6.45) is 2.96. The lowest BCUT2D eigenvalue weighted by atomic mass is 10.4.